The zero-order valence-corrected chi connectivity index (χ0v) is 19.0. The van der Waals surface area contributed by atoms with Crippen molar-refractivity contribution in [3.63, 3.8) is 0 Å². The molecule has 0 unspecified atom stereocenters. The lowest BCUT2D eigenvalue weighted by molar-refractivity contribution is -0.151. The molecule has 2 aromatic rings. The first-order chi connectivity index (χ1) is 16.0. The molecule has 0 aromatic heterocycles. The van der Waals surface area contributed by atoms with Gasteiger partial charge in [0.05, 0.1) is 31.5 Å². The lowest BCUT2D eigenvalue weighted by Crippen LogP contribution is -2.50. The summed E-state index contributed by atoms with van der Waals surface area (Å²) >= 11 is 0. The van der Waals surface area contributed by atoms with E-state index in [0.717, 1.165) is 16.9 Å². The van der Waals surface area contributed by atoms with E-state index in [4.69, 9.17) is 19.5 Å². The number of carbonyl (C=O) groups excluding carboxylic acids is 2. The van der Waals surface area contributed by atoms with Crippen molar-refractivity contribution in [2.24, 2.45) is 0 Å². The van der Waals surface area contributed by atoms with E-state index < -0.39 is 5.97 Å². The normalized spacial score (nSPS) is 14.9. The maximum Gasteiger partial charge on any atom is 0.303 e. The Hall–Kier alpha value is -3.41. The standard InChI is InChI=1S/C25H29N3O5/c1-19(29)32-18-25(30)28-12-10-27(11-13-28)16-24(22-4-3-5-23(14-22)31-2)33-17-21-8-6-20(15-26)7-9-21/h3-9,14,24H,10-13,16-18H2,1-2H3/t24-/m0/s1. The van der Waals surface area contributed by atoms with Crippen LogP contribution in [0.1, 0.15) is 29.7 Å². The van der Waals surface area contributed by atoms with Crippen LogP contribution < -0.4 is 4.74 Å². The average molecular weight is 452 g/mol. The predicted molar refractivity (Wildman–Crippen MR) is 121 cm³/mol. The van der Waals surface area contributed by atoms with Gasteiger partial charge in [-0.1, -0.05) is 24.3 Å². The summed E-state index contributed by atoms with van der Waals surface area (Å²) < 4.78 is 16.5. The molecule has 0 saturated carbocycles. The summed E-state index contributed by atoms with van der Waals surface area (Å²) in [7, 11) is 1.64. The summed E-state index contributed by atoms with van der Waals surface area (Å²) in [4.78, 5) is 27.1. The molecule has 174 valence electrons. The molecular formula is C25H29N3O5. The molecular weight excluding hydrogens is 422 g/mol. The Bertz CT molecular complexity index is 978. The largest absolute Gasteiger partial charge is 0.497 e. The summed E-state index contributed by atoms with van der Waals surface area (Å²) in [5.41, 5.74) is 2.61. The second-order valence-corrected chi connectivity index (χ2v) is 7.85. The number of nitrogens with zero attached hydrogens (tertiary/aromatic N) is 3. The number of nitriles is 1. The summed E-state index contributed by atoms with van der Waals surface area (Å²) in [6.45, 7) is 4.70. The molecule has 33 heavy (non-hydrogen) atoms. The molecule has 3 rings (SSSR count). The van der Waals surface area contributed by atoms with E-state index >= 15 is 0 Å². The van der Waals surface area contributed by atoms with Crippen LogP contribution in [0.2, 0.25) is 0 Å². The van der Waals surface area contributed by atoms with E-state index in [1.54, 1.807) is 24.1 Å². The zero-order valence-electron chi connectivity index (χ0n) is 19.0. The van der Waals surface area contributed by atoms with E-state index in [1.165, 1.54) is 6.92 Å². The summed E-state index contributed by atoms with van der Waals surface area (Å²) in [6, 6.07) is 17.3. The number of hydrogen-bond donors (Lipinski definition) is 0. The van der Waals surface area contributed by atoms with Crippen LogP contribution in [0.25, 0.3) is 0 Å². The molecule has 0 spiro atoms. The third-order valence-electron chi connectivity index (χ3n) is 5.55. The molecule has 0 radical (unpaired) electrons. The highest BCUT2D eigenvalue weighted by Gasteiger charge is 2.25. The van der Waals surface area contributed by atoms with Gasteiger partial charge in [0.25, 0.3) is 5.91 Å². The Balaban J connectivity index is 1.62. The second-order valence-electron chi connectivity index (χ2n) is 7.85. The van der Waals surface area contributed by atoms with Gasteiger partial charge in [0, 0.05) is 39.6 Å². The van der Waals surface area contributed by atoms with E-state index in [2.05, 4.69) is 11.0 Å². The quantitative estimate of drug-likeness (QED) is 0.541. The minimum absolute atomic E-state index is 0.175. The van der Waals surface area contributed by atoms with Gasteiger partial charge in [-0.3, -0.25) is 14.5 Å². The fourth-order valence-corrected chi connectivity index (χ4v) is 3.64. The summed E-state index contributed by atoms with van der Waals surface area (Å²) in [5, 5.41) is 8.99. The monoisotopic (exact) mass is 451 g/mol. The smallest absolute Gasteiger partial charge is 0.303 e. The van der Waals surface area contributed by atoms with Gasteiger partial charge >= 0.3 is 5.97 Å². The van der Waals surface area contributed by atoms with E-state index in [-0.39, 0.29) is 18.6 Å². The number of rotatable bonds is 9. The highest BCUT2D eigenvalue weighted by molar-refractivity contribution is 5.80. The van der Waals surface area contributed by atoms with E-state index in [1.807, 2.05) is 36.4 Å². The van der Waals surface area contributed by atoms with Crippen LogP contribution in [0.4, 0.5) is 0 Å². The van der Waals surface area contributed by atoms with Crippen LogP contribution in [0, 0.1) is 11.3 Å². The molecule has 1 aliphatic heterocycles. The SMILES string of the molecule is COc1cccc([C@H](CN2CCN(C(=O)COC(C)=O)CC2)OCc2ccc(C#N)cc2)c1. The van der Waals surface area contributed by atoms with Crippen molar-refractivity contribution in [2.45, 2.75) is 19.6 Å². The molecule has 1 atom stereocenters. The Labute approximate surface area is 194 Å². The second kappa shape index (κ2) is 12.0. The highest BCUT2D eigenvalue weighted by atomic mass is 16.5. The molecule has 1 amide bonds. The topological polar surface area (TPSA) is 92.1 Å². The van der Waals surface area contributed by atoms with Crippen LogP contribution in [0.5, 0.6) is 5.75 Å². The molecule has 1 aliphatic rings. The van der Waals surface area contributed by atoms with Gasteiger partial charge in [-0.05, 0) is 35.4 Å². The molecule has 1 fully saturated rings. The van der Waals surface area contributed by atoms with Crippen molar-refractivity contribution in [3.05, 3.63) is 65.2 Å². The number of amides is 1. The first-order valence-corrected chi connectivity index (χ1v) is 10.9. The lowest BCUT2D eigenvalue weighted by atomic mass is 10.1. The van der Waals surface area contributed by atoms with Crippen LogP contribution in [-0.2, 0) is 25.7 Å². The number of hydrogen-bond acceptors (Lipinski definition) is 7. The first-order valence-electron chi connectivity index (χ1n) is 10.9. The third-order valence-corrected chi connectivity index (χ3v) is 5.55. The van der Waals surface area contributed by atoms with Crippen molar-refractivity contribution in [2.75, 3.05) is 46.4 Å². The lowest BCUT2D eigenvalue weighted by Gasteiger charge is -2.36. The third kappa shape index (κ3) is 7.31. The molecule has 0 bridgehead atoms. The molecule has 0 aliphatic carbocycles. The fraction of sp³-hybridized carbons (Fsp3) is 0.400. The molecule has 1 heterocycles. The minimum Gasteiger partial charge on any atom is -0.497 e. The fourth-order valence-electron chi connectivity index (χ4n) is 3.64. The van der Waals surface area contributed by atoms with Crippen molar-refractivity contribution in [1.29, 1.82) is 5.26 Å². The van der Waals surface area contributed by atoms with Crippen LogP contribution in [0.15, 0.2) is 48.5 Å². The van der Waals surface area contributed by atoms with Gasteiger partial charge in [0.1, 0.15) is 5.75 Å². The summed E-state index contributed by atoms with van der Waals surface area (Å²) in [6.07, 6.45) is -0.195. The van der Waals surface area contributed by atoms with Gasteiger partial charge in [0.2, 0.25) is 0 Å². The number of ether oxygens (including phenoxy) is 3. The van der Waals surface area contributed by atoms with E-state index in [0.29, 0.717) is 44.9 Å². The molecule has 2 aromatic carbocycles. The van der Waals surface area contributed by atoms with Gasteiger partial charge in [-0.2, -0.15) is 5.26 Å². The molecule has 8 heteroatoms. The van der Waals surface area contributed by atoms with Gasteiger partial charge in [-0.15, -0.1) is 0 Å². The van der Waals surface area contributed by atoms with Crippen molar-refractivity contribution in [1.82, 2.24) is 9.80 Å². The molecule has 1 saturated heterocycles. The minimum atomic E-state index is -0.456. The number of carbonyl (C=O) groups is 2. The predicted octanol–water partition coefficient (Wildman–Crippen LogP) is 2.53. The maximum atomic E-state index is 12.2. The van der Waals surface area contributed by atoms with Crippen LogP contribution in [-0.4, -0.2) is 68.1 Å². The zero-order chi connectivity index (χ0) is 23.6. The van der Waals surface area contributed by atoms with Gasteiger partial charge in [-0.25, -0.2) is 0 Å². The van der Waals surface area contributed by atoms with Crippen LogP contribution in [0.3, 0.4) is 0 Å². The average Bonchev–Trinajstić information content (AvgIpc) is 2.85. The van der Waals surface area contributed by atoms with Crippen molar-refractivity contribution in [3.8, 4) is 11.8 Å². The molecule has 8 nitrogen and oxygen atoms in total. The van der Waals surface area contributed by atoms with Gasteiger partial charge in [0.15, 0.2) is 6.61 Å². The van der Waals surface area contributed by atoms with Gasteiger partial charge < -0.3 is 19.1 Å². The maximum absolute atomic E-state index is 12.2. The number of piperazine rings is 1. The van der Waals surface area contributed by atoms with Crippen molar-refractivity contribution < 1.29 is 23.8 Å². The Morgan fingerprint density at radius 2 is 1.82 bits per heavy atom. The highest BCUT2D eigenvalue weighted by Crippen LogP contribution is 2.25. The first kappa shape index (κ1) is 24.2. The Kier molecular flexibility index (Phi) is 8.81. The number of methoxy groups -OCH3 is 1. The van der Waals surface area contributed by atoms with Crippen molar-refractivity contribution >= 4 is 11.9 Å². The van der Waals surface area contributed by atoms with E-state index in [9.17, 15) is 9.59 Å². The number of esters is 1. The molecule has 0 N–H and O–H groups in total. The Morgan fingerprint density at radius 3 is 2.45 bits per heavy atom. The Morgan fingerprint density at radius 1 is 1.09 bits per heavy atom. The number of benzene rings is 2. The summed E-state index contributed by atoms with van der Waals surface area (Å²) in [5.74, 6) is 0.133. The van der Waals surface area contributed by atoms with Crippen LogP contribution >= 0.6 is 0 Å².